The van der Waals surface area contributed by atoms with Crippen LogP contribution in [-0.2, 0) is 0 Å². The van der Waals surface area contributed by atoms with Gasteiger partial charge in [0.05, 0.1) is 11.0 Å². The van der Waals surface area contributed by atoms with Gasteiger partial charge in [-0.3, -0.25) is 0 Å². The molecular formula is C86H54B2N4. The molecular weight excluding hydrogens is 1110 g/mol. The van der Waals surface area contributed by atoms with Crippen molar-refractivity contribution in [1.29, 1.82) is 0 Å². The number of hydrogen-bond donors (Lipinski definition) is 0. The van der Waals surface area contributed by atoms with Crippen molar-refractivity contribution in [2.24, 2.45) is 0 Å². The van der Waals surface area contributed by atoms with E-state index in [9.17, 15) is 0 Å². The number of fused-ring (bicyclic) bond motifs is 13. The molecule has 0 spiro atoms. The van der Waals surface area contributed by atoms with Gasteiger partial charge in [-0.05, 0) is 185 Å². The molecule has 92 heavy (non-hydrogen) atoms. The first-order valence-electron chi connectivity index (χ1n) is 32.0. The highest BCUT2D eigenvalue weighted by molar-refractivity contribution is 6.92. The van der Waals surface area contributed by atoms with E-state index in [1.54, 1.807) is 0 Å². The third kappa shape index (κ3) is 7.32. The average molecular weight is 1170 g/mol. The standard InChI is InChI=1S/C86H54B2N4/c1-7-25-55(26-8-1)59-49-60(56-27-9-2-10-28-56)52-63(51-59)67-45-47-77-81-79(67)69-37-23-39-71-83(69)91(87(81)73-41-19-21-43-75(73)89(77)65-33-15-5-16-34-65)86-72-40-24-38-70-80-68(64-53-61(57-29-11-3-12-30-57)50-62(54-64)58-31-13-4-14-32-58)46-48-78-82(80)88(92(84(70)72)85(71)86)74-42-20-22-44-76(74)90(78)66-35-17-6-18-36-66/h1-54H. The zero-order valence-corrected chi connectivity index (χ0v) is 50.1. The maximum atomic E-state index is 2.80. The minimum absolute atomic E-state index is 0.196. The molecule has 16 aromatic rings. The molecule has 20 rings (SSSR count). The molecule has 0 bridgehead atoms. The zero-order valence-electron chi connectivity index (χ0n) is 50.1. The van der Waals surface area contributed by atoms with Crippen LogP contribution in [0.25, 0.3) is 122 Å². The Kier molecular flexibility index (Phi) is 11.0. The monoisotopic (exact) mass is 1160 g/mol. The van der Waals surface area contributed by atoms with Gasteiger partial charge >= 0.3 is 13.7 Å². The molecule has 14 aromatic carbocycles. The van der Waals surface area contributed by atoms with Crippen molar-refractivity contribution in [3.8, 4) is 89.0 Å². The SMILES string of the molecule is c1ccc(-c2cc(-c3ccccc3)cc(-c3ccc4c5c3-c3cccc6c3n(c3c7cccc8c7n(c63)B3c6ccccc6N(c6ccccc6)c6ccc(-c7cc(-c9ccccc9)cc(-c9ccccc9)c7)c-8c63)B5c3ccccc3N4c3ccccc3)c2)cc1. The van der Waals surface area contributed by atoms with E-state index in [4.69, 9.17) is 0 Å². The first-order chi connectivity index (χ1) is 45.7. The van der Waals surface area contributed by atoms with Crippen LogP contribution in [-0.4, -0.2) is 22.7 Å². The van der Waals surface area contributed by atoms with Gasteiger partial charge in [0, 0.05) is 67.1 Å². The summed E-state index contributed by atoms with van der Waals surface area (Å²) >= 11 is 0. The molecule has 0 atom stereocenters. The number of anilines is 6. The molecule has 0 N–H and O–H groups in total. The van der Waals surface area contributed by atoms with Crippen molar-refractivity contribution in [2.75, 3.05) is 9.80 Å². The maximum absolute atomic E-state index is 2.80. The highest BCUT2D eigenvalue weighted by Crippen LogP contribution is 2.54. The molecule has 0 saturated heterocycles. The van der Waals surface area contributed by atoms with Crippen molar-refractivity contribution in [2.45, 2.75) is 0 Å². The normalized spacial score (nSPS) is 12.9. The van der Waals surface area contributed by atoms with Crippen LogP contribution in [0, 0.1) is 0 Å². The van der Waals surface area contributed by atoms with Crippen molar-refractivity contribution in [3.05, 3.63) is 328 Å². The summed E-state index contributed by atoms with van der Waals surface area (Å²) in [6.07, 6.45) is 0. The summed E-state index contributed by atoms with van der Waals surface area (Å²) < 4.78 is 5.60. The van der Waals surface area contributed by atoms with Crippen molar-refractivity contribution in [1.82, 2.24) is 8.96 Å². The highest BCUT2D eigenvalue weighted by atomic mass is 15.2. The Morgan fingerprint density at radius 3 is 0.880 bits per heavy atom. The molecule has 0 radical (unpaired) electrons. The van der Waals surface area contributed by atoms with Crippen LogP contribution in [0.15, 0.2) is 328 Å². The minimum atomic E-state index is -0.196. The molecule has 4 aliphatic rings. The summed E-state index contributed by atoms with van der Waals surface area (Å²) in [5.74, 6) is 0. The highest BCUT2D eigenvalue weighted by Gasteiger charge is 2.48. The number of benzene rings is 14. The first-order valence-corrected chi connectivity index (χ1v) is 32.0. The van der Waals surface area contributed by atoms with E-state index in [0.29, 0.717) is 0 Å². The zero-order chi connectivity index (χ0) is 60.1. The van der Waals surface area contributed by atoms with Crippen LogP contribution >= 0.6 is 0 Å². The summed E-state index contributed by atoms with van der Waals surface area (Å²) in [6.45, 7) is -0.392. The van der Waals surface area contributed by atoms with Crippen LogP contribution in [0.2, 0.25) is 0 Å². The Hall–Kier alpha value is -11.9. The lowest BCUT2D eigenvalue weighted by molar-refractivity contribution is 1.25. The van der Waals surface area contributed by atoms with E-state index in [2.05, 4.69) is 346 Å². The summed E-state index contributed by atoms with van der Waals surface area (Å²) in [5.41, 5.74) is 36.6. The first kappa shape index (κ1) is 51.1. The fourth-order valence-electron chi connectivity index (χ4n) is 16.5. The predicted octanol–water partition coefficient (Wildman–Crippen LogP) is 19.6. The fraction of sp³-hybridized carbons (Fsp3) is 0. The molecule has 0 unspecified atom stereocenters. The van der Waals surface area contributed by atoms with E-state index >= 15 is 0 Å². The second kappa shape index (κ2) is 19.8. The molecule has 4 nitrogen and oxygen atoms in total. The lowest BCUT2D eigenvalue weighted by Crippen LogP contribution is -2.56. The minimum Gasteiger partial charge on any atom is -0.374 e. The van der Waals surface area contributed by atoms with Gasteiger partial charge in [0.1, 0.15) is 0 Å². The summed E-state index contributed by atoms with van der Waals surface area (Å²) in [6, 6.07) is 123. The number of para-hydroxylation sites is 6. The molecule has 0 aliphatic carbocycles. The van der Waals surface area contributed by atoms with Crippen LogP contribution in [0.3, 0.4) is 0 Å². The molecule has 6 heterocycles. The molecule has 0 amide bonds. The van der Waals surface area contributed by atoms with Crippen molar-refractivity contribution in [3.63, 3.8) is 0 Å². The van der Waals surface area contributed by atoms with Gasteiger partial charge in [-0.15, -0.1) is 0 Å². The average Bonchev–Trinajstić information content (AvgIpc) is 1.44. The molecule has 424 valence electrons. The topological polar surface area (TPSA) is 16.3 Å². The Bertz CT molecular complexity index is 5240. The predicted molar refractivity (Wildman–Crippen MR) is 389 cm³/mol. The molecule has 6 heteroatoms. The maximum Gasteiger partial charge on any atom is 0.333 e. The summed E-state index contributed by atoms with van der Waals surface area (Å²) in [5, 5.41) is 2.50. The molecule has 0 fully saturated rings. The van der Waals surface area contributed by atoms with Crippen molar-refractivity contribution >= 4 is 103 Å². The van der Waals surface area contributed by atoms with Crippen LogP contribution in [0.1, 0.15) is 0 Å². The van der Waals surface area contributed by atoms with Crippen molar-refractivity contribution < 1.29 is 0 Å². The number of nitrogens with zero attached hydrogens (tertiary/aromatic N) is 4. The summed E-state index contributed by atoms with van der Waals surface area (Å²) in [4.78, 5) is 5.05. The Labute approximate surface area is 534 Å². The van der Waals surface area contributed by atoms with E-state index in [1.165, 1.54) is 166 Å². The second-order valence-electron chi connectivity index (χ2n) is 25.0. The van der Waals surface area contributed by atoms with Crippen LogP contribution < -0.4 is 31.7 Å². The Morgan fingerprint density at radius 1 is 0.207 bits per heavy atom. The molecule has 4 aliphatic heterocycles. The van der Waals surface area contributed by atoms with E-state index in [-0.39, 0.29) is 13.7 Å². The summed E-state index contributed by atoms with van der Waals surface area (Å²) in [7, 11) is 0. The largest absolute Gasteiger partial charge is 0.374 e. The lowest BCUT2D eigenvalue weighted by Gasteiger charge is -2.41. The fourth-order valence-corrected chi connectivity index (χ4v) is 16.5. The van der Waals surface area contributed by atoms with Gasteiger partial charge in [-0.25, -0.2) is 0 Å². The van der Waals surface area contributed by atoms with Crippen LogP contribution in [0.5, 0.6) is 0 Å². The Balaban J connectivity index is 0.917. The van der Waals surface area contributed by atoms with Gasteiger partial charge in [0.2, 0.25) is 0 Å². The molecule has 0 saturated carbocycles. The van der Waals surface area contributed by atoms with Gasteiger partial charge in [0.25, 0.3) is 0 Å². The van der Waals surface area contributed by atoms with Crippen LogP contribution in [0.4, 0.5) is 34.1 Å². The Morgan fingerprint density at radius 2 is 0.522 bits per heavy atom. The number of aromatic nitrogens is 2. The second-order valence-corrected chi connectivity index (χ2v) is 25.0. The smallest absolute Gasteiger partial charge is 0.333 e. The number of rotatable bonds is 8. The lowest BCUT2D eigenvalue weighted by atomic mass is 9.44. The van der Waals surface area contributed by atoms with Gasteiger partial charge in [-0.2, -0.15) is 0 Å². The molecule has 2 aromatic heterocycles. The third-order valence-corrected chi connectivity index (χ3v) is 20.2. The number of hydrogen-bond acceptors (Lipinski definition) is 2. The van der Waals surface area contributed by atoms with E-state index in [0.717, 1.165) is 11.4 Å². The quantitative estimate of drug-likeness (QED) is 0.141. The van der Waals surface area contributed by atoms with Gasteiger partial charge in [0.15, 0.2) is 0 Å². The van der Waals surface area contributed by atoms with E-state index < -0.39 is 0 Å². The van der Waals surface area contributed by atoms with Gasteiger partial charge < -0.3 is 18.8 Å². The third-order valence-electron chi connectivity index (χ3n) is 20.2. The van der Waals surface area contributed by atoms with E-state index in [1.807, 2.05) is 0 Å². The van der Waals surface area contributed by atoms with Gasteiger partial charge in [-0.1, -0.05) is 243 Å².